The summed E-state index contributed by atoms with van der Waals surface area (Å²) in [6.07, 6.45) is 8.11. The van der Waals surface area contributed by atoms with Gasteiger partial charge in [-0.2, -0.15) is 0 Å². The lowest BCUT2D eigenvalue weighted by Crippen LogP contribution is -2.33. The van der Waals surface area contributed by atoms with Crippen LogP contribution in [-0.2, 0) is 0 Å². The van der Waals surface area contributed by atoms with E-state index in [2.05, 4.69) is 44.5 Å². The molecule has 0 N–H and O–H groups in total. The Morgan fingerprint density at radius 1 is 1.44 bits per heavy atom. The fourth-order valence-corrected chi connectivity index (χ4v) is 3.31. The van der Waals surface area contributed by atoms with Gasteiger partial charge in [-0.1, -0.05) is 13.3 Å². The molecule has 3 rings (SSSR count). The lowest BCUT2D eigenvalue weighted by molar-refractivity contribution is 0.154. The second-order valence-corrected chi connectivity index (χ2v) is 5.75. The molecule has 3 heterocycles. The highest BCUT2D eigenvalue weighted by Crippen LogP contribution is 2.31. The summed E-state index contributed by atoms with van der Waals surface area (Å²) in [6.45, 7) is 4.56. The van der Waals surface area contributed by atoms with Crippen molar-refractivity contribution in [1.29, 1.82) is 0 Å². The van der Waals surface area contributed by atoms with Gasteiger partial charge in [0.15, 0.2) is 5.65 Å². The Kier molecular flexibility index (Phi) is 3.39. The third kappa shape index (κ3) is 2.08. The van der Waals surface area contributed by atoms with Gasteiger partial charge >= 0.3 is 0 Å². The molecule has 2 aromatic rings. The number of rotatable bonds is 2. The van der Waals surface area contributed by atoms with Gasteiger partial charge in [0.05, 0.1) is 16.2 Å². The average molecular weight is 308 g/mol. The van der Waals surface area contributed by atoms with Crippen molar-refractivity contribution in [1.82, 2.24) is 14.3 Å². The van der Waals surface area contributed by atoms with Crippen LogP contribution in [0.2, 0.25) is 0 Å². The first-order valence-electron chi connectivity index (χ1n) is 6.66. The summed E-state index contributed by atoms with van der Waals surface area (Å²) in [5, 5.41) is 0. The highest BCUT2D eigenvalue weighted by molar-refractivity contribution is 9.10. The first-order chi connectivity index (χ1) is 8.79. The lowest BCUT2D eigenvalue weighted by Gasteiger charge is -2.33. The van der Waals surface area contributed by atoms with Gasteiger partial charge in [-0.3, -0.25) is 4.90 Å². The number of aromatic nitrogens is 2. The van der Waals surface area contributed by atoms with Crippen molar-refractivity contribution in [2.24, 2.45) is 0 Å². The van der Waals surface area contributed by atoms with Gasteiger partial charge in [-0.15, -0.1) is 0 Å². The van der Waals surface area contributed by atoms with Gasteiger partial charge in [0.1, 0.15) is 0 Å². The van der Waals surface area contributed by atoms with E-state index in [0.717, 1.165) is 16.7 Å². The van der Waals surface area contributed by atoms with Gasteiger partial charge in [0, 0.05) is 12.4 Å². The predicted octanol–water partition coefficient (Wildman–Crippen LogP) is 3.64. The molecule has 4 heteroatoms. The smallest absolute Gasteiger partial charge is 0.151 e. The minimum Gasteiger partial charge on any atom is -0.306 e. The Morgan fingerprint density at radius 3 is 3.11 bits per heavy atom. The maximum absolute atomic E-state index is 4.81. The van der Waals surface area contributed by atoms with Gasteiger partial charge in [-0.25, -0.2) is 4.98 Å². The van der Waals surface area contributed by atoms with Crippen molar-refractivity contribution < 1.29 is 0 Å². The number of hydrogen-bond donors (Lipinski definition) is 0. The summed E-state index contributed by atoms with van der Waals surface area (Å²) in [6, 6.07) is 4.58. The molecule has 3 nitrogen and oxygen atoms in total. The van der Waals surface area contributed by atoms with Crippen molar-refractivity contribution in [3.63, 3.8) is 0 Å². The molecule has 0 aromatic carbocycles. The first-order valence-corrected chi connectivity index (χ1v) is 7.46. The van der Waals surface area contributed by atoms with Crippen LogP contribution in [0.25, 0.3) is 5.65 Å². The summed E-state index contributed by atoms with van der Waals surface area (Å²) in [7, 11) is 0. The number of fused-ring (bicyclic) bond motifs is 1. The zero-order chi connectivity index (χ0) is 12.5. The fourth-order valence-electron chi connectivity index (χ4n) is 2.86. The van der Waals surface area contributed by atoms with E-state index in [9.17, 15) is 0 Å². The van der Waals surface area contributed by atoms with Crippen LogP contribution in [0.5, 0.6) is 0 Å². The van der Waals surface area contributed by atoms with E-state index in [1.165, 1.54) is 31.5 Å². The van der Waals surface area contributed by atoms with E-state index < -0.39 is 0 Å². The maximum Gasteiger partial charge on any atom is 0.151 e. The molecule has 96 valence electrons. The van der Waals surface area contributed by atoms with Crippen molar-refractivity contribution in [3.8, 4) is 0 Å². The highest BCUT2D eigenvalue weighted by Gasteiger charge is 2.24. The minimum atomic E-state index is 0.496. The largest absolute Gasteiger partial charge is 0.306 e. The Labute approximate surface area is 116 Å². The first kappa shape index (κ1) is 12.2. The second kappa shape index (κ2) is 5.02. The predicted molar refractivity (Wildman–Crippen MR) is 76.7 cm³/mol. The monoisotopic (exact) mass is 307 g/mol. The van der Waals surface area contributed by atoms with E-state index in [-0.39, 0.29) is 0 Å². The van der Waals surface area contributed by atoms with Crippen LogP contribution in [-0.4, -0.2) is 27.4 Å². The molecule has 1 unspecified atom stereocenters. The van der Waals surface area contributed by atoms with Crippen molar-refractivity contribution >= 4 is 21.6 Å². The second-order valence-electron chi connectivity index (χ2n) is 4.89. The maximum atomic E-state index is 4.81. The number of halogens is 1. The zero-order valence-corrected chi connectivity index (χ0v) is 12.2. The molecule has 0 aliphatic carbocycles. The van der Waals surface area contributed by atoms with E-state index in [1.807, 2.05) is 12.1 Å². The van der Waals surface area contributed by atoms with Crippen LogP contribution < -0.4 is 0 Å². The molecule has 0 saturated carbocycles. The molecular weight excluding hydrogens is 290 g/mol. The van der Waals surface area contributed by atoms with Gasteiger partial charge in [0.25, 0.3) is 0 Å². The summed E-state index contributed by atoms with van der Waals surface area (Å²) < 4.78 is 3.18. The van der Waals surface area contributed by atoms with Gasteiger partial charge in [0.2, 0.25) is 0 Å². The van der Waals surface area contributed by atoms with Crippen molar-refractivity contribution in [2.75, 3.05) is 13.1 Å². The molecule has 0 amide bonds. The summed E-state index contributed by atoms with van der Waals surface area (Å²) in [5.41, 5.74) is 2.23. The molecule has 1 aliphatic heterocycles. The third-order valence-corrected chi connectivity index (χ3v) is 4.43. The van der Waals surface area contributed by atoms with Gasteiger partial charge < -0.3 is 4.40 Å². The normalized spacial score (nSPS) is 21.6. The van der Waals surface area contributed by atoms with Crippen LogP contribution in [0.1, 0.15) is 37.9 Å². The SMILES string of the molecule is CCN1CCCCC1c1cn2cccc(Br)c2n1. The van der Waals surface area contributed by atoms with Crippen LogP contribution in [0.15, 0.2) is 29.0 Å². The molecule has 0 spiro atoms. The Hall–Kier alpha value is -0.870. The molecule has 1 fully saturated rings. The van der Waals surface area contributed by atoms with E-state index >= 15 is 0 Å². The summed E-state index contributed by atoms with van der Waals surface area (Å²) in [5.74, 6) is 0. The molecule has 1 saturated heterocycles. The van der Waals surface area contributed by atoms with E-state index in [0.29, 0.717) is 6.04 Å². The molecule has 2 aromatic heterocycles. The van der Waals surface area contributed by atoms with Crippen molar-refractivity contribution in [2.45, 2.75) is 32.2 Å². The quantitative estimate of drug-likeness (QED) is 0.844. The molecular formula is C14H18BrN3. The summed E-state index contributed by atoms with van der Waals surface area (Å²) in [4.78, 5) is 7.35. The number of hydrogen-bond acceptors (Lipinski definition) is 2. The Bertz CT molecular complexity index is 549. The number of pyridine rings is 1. The molecule has 18 heavy (non-hydrogen) atoms. The van der Waals surface area contributed by atoms with Crippen LogP contribution in [0.4, 0.5) is 0 Å². The lowest BCUT2D eigenvalue weighted by atomic mass is 10.00. The molecule has 1 aliphatic rings. The number of imidazole rings is 1. The number of nitrogens with zero attached hydrogens (tertiary/aromatic N) is 3. The number of piperidine rings is 1. The third-order valence-electron chi connectivity index (χ3n) is 3.82. The van der Waals surface area contributed by atoms with E-state index in [1.54, 1.807) is 0 Å². The fraction of sp³-hybridized carbons (Fsp3) is 0.500. The highest BCUT2D eigenvalue weighted by atomic mass is 79.9. The summed E-state index contributed by atoms with van der Waals surface area (Å²) >= 11 is 3.57. The van der Waals surface area contributed by atoms with Crippen LogP contribution in [0, 0.1) is 0 Å². The van der Waals surface area contributed by atoms with E-state index in [4.69, 9.17) is 4.98 Å². The topological polar surface area (TPSA) is 20.5 Å². The molecule has 0 radical (unpaired) electrons. The minimum absolute atomic E-state index is 0.496. The Balaban J connectivity index is 2.00. The standard InChI is InChI=1S/C14H18BrN3/c1-2-17-8-4-3-7-13(17)12-10-18-9-5-6-11(15)14(18)16-12/h5-6,9-10,13H,2-4,7-8H2,1H3. The van der Waals surface area contributed by atoms with Crippen LogP contribution in [0.3, 0.4) is 0 Å². The molecule has 1 atom stereocenters. The van der Waals surface area contributed by atoms with Gasteiger partial charge in [-0.05, 0) is 54.0 Å². The molecule has 0 bridgehead atoms. The van der Waals surface area contributed by atoms with Crippen molar-refractivity contribution in [3.05, 3.63) is 34.7 Å². The Morgan fingerprint density at radius 2 is 2.33 bits per heavy atom. The average Bonchev–Trinajstić information content (AvgIpc) is 2.84. The zero-order valence-electron chi connectivity index (χ0n) is 10.6. The van der Waals surface area contributed by atoms with Crippen LogP contribution >= 0.6 is 15.9 Å². The number of likely N-dealkylation sites (tertiary alicyclic amines) is 1.